The zero-order valence-electron chi connectivity index (χ0n) is 16.1. The minimum atomic E-state index is -0.398. The van der Waals surface area contributed by atoms with Crippen LogP contribution in [0, 0.1) is 26.7 Å². The maximum Gasteiger partial charge on any atom is 0.229 e. The van der Waals surface area contributed by atoms with Crippen molar-refractivity contribution in [1.29, 1.82) is 0 Å². The Morgan fingerprint density at radius 3 is 2.19 bits per heavy atom. The molecule has 140 valence electrons. The summed E-state index contributed by atoms with van der Waals surface area (Å²) in [6.07, 6.45) is 0.199. The molecule has 1 unspecified atom stereocenters. The molecule has 1 N–H and O–H groups in total. The van der Waals surface area contributed by atoms with Crippen LogP contribution >= 0.6 is 0 Å². The first kappa shape index (κ1) is 18.8. The number of nitrogens with one attached hydrogen (secondary N) is 1. The molecule has 3 rings (SSSR count). The summed E-state index contributed by atoms with van der Waals surface area (Å²) < 4.78 is 0. The topological polar surface area (TPSA) is 66.5 Å². The van der Waals surface area contributed by atoms with Crippen LogP contribution in [-0.4, -0.2) is 24.1 Å². The van der Waals surface area contributed by atoms with Gasteiger partial charge in [-0.15, -0.1) is 0 Å². The predicted molar refractivity (Wildman–Crippen MR) is 106 cm³/mol. The second kappa shape index (κ2) is 7.35. The number of benzene rings is 2. The van der Waals surface area contributed by atoms with Crippen molar-refractivity contribution in [3.8, 4) is 0 Å². The van der Waals surface area contributed by atoms with E-state index in [4.69, 9.17) is 0 Å². The van der Waals surface area contributed by atoms with Gasteiger partial charge in [0.05, 0.1) is 5.92 Å². The number of rotatable bonds is 4. The van der Waals surface area contributed by atoms with E-state index in [-0.39, 0.29) is 24.0 Å². The number of carbonyl (C=O) groups is 3. The fourth-order valence-electron chi connectivity index (χ4n) is 3.73. The highest BCUT2D eigenvalue weighted by Gasteiger charge is 2.36. The van der Waals surface area contributed by atoms with Crippen LogP contribution in [0.3, 0.4) is 0 Å². The number of Topliss-reactive ketones (excluding diaryl/α,β-unsaturated/α-hetero) is 1. The number of ketones is 1. The molecule has 1 atom stereocenters. The number of nitrogens with zero attached hydrogens (tertiary/aromatic N) is 1. The van der Waals surface area contributed by atoms with Gasteiger partial charge in [0.15, 0.2) is 5.78 Å². The Hall–Kier alpha value is -2.95. The lowest BCUT2D eigenvalue weighted by molar-refractivity contribution is -0.122. The minimum absolute atomic E-state index is 0.0197. The lowest BCUT2D eigenvalue weighted by Crippen LogP contribution is -2.29. The highest BCUT2D eigenvalue weighted by Crippen LogP contribution is 2.32. The van der Waals surface area contributed by atoms with Gasteiger partial charge in [-0.1, -0.05) is 17.7 Å². The van der Waals surface area contributed by atoms with Gasteiger partial charge in [-0.2, -0.15) is 0 Å². The molecule has 5 heteroatoms. The molecule has 1 aliphatic heterocycles. The number of anilines is 2. The molecule has 0 saturated carbocycles. The summed E-state index contributed by atoms with van der Waals surface area (Å²) in [5.41, 5.74) is 5.37. The zero-order valence-corrected chi connectivity index (χ0v) is 16.1. The maximum atomic E-state index is 12.6. The maximum absolute atomic E-state index is 12.6. The Morgan fingerprint density at radius 2 is 1.63 bits per heavy atom. The molecule has 2 amide bonds. The highest BCUT2D eigenvalue weighted by atomic mass is 16.2. The molecule has 2 aromatic carbocycles. The number of hydrogen-bond donors (Lipinski definition) is 1. The zero-order chi connectivity index (χ0) is 19.7. The van der Waals surface area contributed by atoms with Gasteiger partial charge in [-0.25, -0.2) is 0 Å². The summed E-state index contributed by atoms with van der Waals surface area (Å²) in [5.74, 6) is -0.625. The van der Waals surface area contributed by atoms with Gasteiger partial charge in [-0.3, -0.25) is 14.4 Å². The van der Waals surface area contributed by atoms with Crippen LogP contribution in [0.15, 0.2) is 36.4 Å². The van der Waals surface area contributed by atoms with Gasteiger partial charge in [0, 0.05) is 29.9 Å². The van der Waals surface area contributed by atoms with E-state index in [0.29, 0.717) is 17.8 Å². The Morgan fingerprint density at radius 1 is 1.04 bits per heavy atom. The van der Waals surface area contributed by atoms with Crippen LogP contribution in [0.4, 0.5) is 11.4 Å². The van der Waals surface area contributed by atoms with Crippen LogP contribution in [0.1, 0.15) is 40.4 Å². The summed E-state index contributed by atoms with van der Waals surface area (Å²) in [5, 5.41) is 2.85. The van der Waals surface area contributed by atoms with Crippen LogP contribution < -0.4 is 10.2 Å². The van der Waals surface area contributed by atoms with Gasteiger partial charge in [-0.05, 0) is 63.1 Å². The van der Waals surface area contributed by atoms with Crippen LogP contribution in [0.25, 0.3) is 0 Å². The summed E-state index contributed by atoms with van der Waals surface area (Å²) in [6, 6.07) is 10.9. The van der Waals surface area contributed by atoms with Crippen LogP contribution in [0.2, 0.25) is 0 Å². The Balaban J connectivity index is 1.73. The molecular weight excluding hydrogens is 340 g/mol. The van der Waals surface area contributed by atoms with Crippen molar-refractivity contribution in [2.45, 2.75) is 34.1 Å². The molecule has 1 fully saturated rings. The van der Waals surface area contributed by atoms with Crippen molar-refractivity contribution in [2.75, 3.05) is 16.8 Å². The molecular formula is C22H24N2O3. The van der Waals surface area contributed by atoms with E-state index in [1.807, 2.05) is 20.8 Å². The lowest BCUT2D eigenvalue weighted by atomic mass is 10.0. The Kier molecular flexibility index (Phi) is 5.13. The normalized spacial score (nSPS) is 16.5. The Labute approximate surface area is 159 Å². The molecule has 27 heavy (non-hydrogen) atoms. The molecule has 1 saturated heterocycles. The Bertz CT molecular complexity index is 893. The highest BCUT2D eigenvalue weighted by molar-refractivity contribution is 6.04. The summed E-state index contributed by atoms with van der Waals surface area (Å²) in [4.78, 5) is 38.3. The summed E-state index contributed by atoms with van der Waals surface area (Å²) >= 11 is 0. The van der Waals surface area contributed by atoms with E-state index < -0.39 is 5.92 Å². The quantitative estimate of drug-likeness (QED) is 0.839. The van der Waals surface area contributed by atoms with Crippen LogP contribution in [-0.2, 0) is 9.59 Å². The molecule has 0 spiro atoms. The molecule has 0 bridgehead atoms. The van der Waals surface area contributed by atoms with Crippen molar-refractivity contribution in [3.63, 3.8) is 0 Å². The minimum Gasteiger partial charge on any atom is -0.326 e. The van der Waals surface area contributed by atoms with E-state index in [0.717, 1.165) is 22.4 Å². The third-order valence-corrected chi connectivity index (χ3v) is 4.96. The molecule has 0 aliphatic carbocycles. The van der Waals surface area contributed by atoms with Crippen molar-refractivity contribution < 1.29 is 14.4 Å². The van der Waals surface area contributed by atoms with Crippen molar-refractivity contribution in [2.24, 2.45) is 5.92 Å². The first-order chi connectivity index (χ1) is 12.8. The largest absolute Gasteiger partial charge is 0.326 e. The monoisotopic (exact) mass is 364 g/mol. The third-order valence-electron chi connectivity index (χ3n) is 4.96. The standard InChI is InChI=1S/C22H24N2O3/c1-13-9-14(2)21(15(3)10-13)24-12-18(11-20(24)26)22(27)23-19-7-5-17(6-8-19)16(4)25/h5-10,18H,11-12H2,1-4H3,(H,23,27). The number of aryl methyl sites for hydroxylation is 3. The first-order valence-electron chi connectivity index (χ1n) is 9.06. The molecule has 1 heterocycles. The van der Waals surface area contributed by atoms with E-state index in [9.17, 15) is 14.4 Å². The average molecular weight is 364 g/mol. The van der Waals surface area contributed by atoms with Gasteiger partial charge < -0.3 is 10.2 Å². The summed E-state index contributed by atoms with van der Waals surface area (Å²) in [6.45, 7) is 7.89. The SMILES string of the molecule is CC(=O)c1ccc(NC(=O)C2CC(=O)N(c3c(C)cc(C)cc3C)C2)cc1. The van der Waals surface area contributed by atoms with Gasteiger partial charge in [0.2, 0.25) is 11.8 Å². The van der Waals surface area contributed by atoms with Gasteiger partial charge in [0.1, 0.15) is 0 Å². The van der Waals surface area contributed by atoms with Gasteiger partial charge >= 0.3 is 0 Å². The second-order valence-corrected chi connectivity index (χ2v) is 7.28. The number of hydrogen-bond acceptors (Lipinski definition) is 3. The van der Waals surface area contributed by atoms with E-state index in [2.05, 4.69) is 17.4 Å². The number of carbonyl (C=O) groups excluding carboxylic acids is 3. The van der Waals surface area contributed by atoms with E-state index in [1.165, 1.54) is 6.92 Å². The second-order valence-electron chi connectivity index (χ2n) is 7.28. The van der Waals surface area contributed by atoms with Gasteiger partial charge in [0.25, 0.3) is 0 Å². The molecule has 2 aromatic rings. The third kappa shape index (κ3) is 3.92. The first-order valence-corrected chi connectivity index (χ1v) is 9.06. The number of amides is 2. The van der Waals surface area contributed by atoms with E-state index >= 15 is 0 Å². The average Bonchev–Trinajstić information content (AvgIpc) is 2.96. The summed E-state index contributed by atoms with van der Waals surface area (Å²) in [7, 11) is 0. The molecule has 0 aromatic heterocycles. The molecule has 0 radical (unpaired) electrons. The predicted octanol–water partition coefficient (Wildman–Crippen LogP) is 3.81. The van der Waals surface area contributed by atoms with E-state index in [1.54, 1.807) is 29.2 Å². The molecule has 5 nitrogen and oxygen atoms in total. The fourth-order valence-corrected chi connectivity index (χ4v) is 3.73. The lowest BCUT2D eigenvalue weighted by Gasteiger charge is -2.22. The van der Waals surface area contributed by atoms with Crippen molar-refractivity contribution in [3.05, 3.63) is 58.7 Å². The van der Waals surface area contributed by atoms with Crippen molar-refractivity contribution in [1.82, 2.24) is 0 Å². The molecule has 1 aliphatic rings. The van der Waals surface area contributed by atoms with Crippen molar-refractivity contribution >= 4 is 29.0 Å². The smallest absolute Gasteiger partial charge is 0.229 e. The fraction of sp³-hybridized carbons (Fsp3) is 0.318. The van der Waals surface area contributed by atoms with Crippen LogP contribution in [0.5, 0.6) is 0 Å².